The first-order chi connectivity index (χ1) is 16.9. The van der Waals surface area contributed by atoms with Crippen LogP contribution in [0.3, 0.4) is 0 Å². The summed E-state index contributed by atoms with van der Waals surface area (Å²) in [7, 11) is -2.59. The summed E-state index contributed by atoms with van der Waals surface area (Å²) in [5.41, 5.74) is 6.27. The van der Waals surface area contributed by atoms with Gasteiger partial charge in [-0.25, -0.2) is 13.2 Å². The fourth-order valence-electron chi connectivity index (χ4n) is 5.26. The van der Waals surface area contributed by atoms with Crippen LogP contribution in [-0.4, -0.2) is 44.9 Å². The summed E-state index contributed by atoms with van der Waals surface area (Å²) in [6, 6.07) is 12.4. The molecule has 182 valence electrons. The molecule has 1 aliphatic carbocycles. The van der Waals surface area contributed by atoms with Gasteiger partial charge in [-0.05, 0) is 84.5 Å². The number of halogens is 1. The second-order valence-electron chi connectivity index (χ2n) is 8.91. The number of fused-ring (bicyclic) bond motifs is 2. The van der Waals surface area contributed by atoms with Crippen LogP contribution in [0.4, 0.5) is 0 Å². The number of carbonyl (C=O) groups is 1. The third-order valence-corrected chi connectivity index (χ3v) is 9.18. The van der Waals surface area contributed by atoms with E-state index in [-0.39, 0.29) is 16.5 Å². The van der Waals surface area contributed by atoms with Crippen molar-refractivity contribution in [3.8, 4) is 0 Å². The molecule has 8 heteroatoms. The summed E-state index contributed by atoms with van der Waals surface area (Å²) < 4.78 is 33.3. The summed E-state index contributed by atoms with van der Waals surface area (Å²) in [4.78, 5) is 12.2. The molecule has 5 rings (SSSR count). The molecule has 2 heterocycles. The van der Waals surface area contributed by atoms with Crippen molar-refractivity contribution in [2.24, 2.45) is 0 Å². The molecule has 0 radical (unpaired) electrons. The molecule has 2 aromatic rings. The standard InChI is InChI=1S/C27H27ClN2O4S/c1-34-27(31)23-6-2-3-7-24(23)35(32,33)30-15-12-18(13-16-30)25-22-11-10-21(28)17-20(22)9-8-19-5-4-14-29-26(19)25/h2-7,10-11,14,17,26,29H,8-9,12-13,15-16H2,1H3. The number of piperidine rings is 1. The highest BCUT2D eigenvalue weighted by Gasteiger charge is 2.34. The van der Waals surface area contributed by atoms with Crippen molar-refractivity contribution in [1.82, 2.24) is 9.62 Å². The number of rotatable bonds is 3. The van der Waals surface area contributed by atoms with E-state index in [0.29, 0.717) is 25.9 Å². The van der Waals surface area contributed by atoms with Gasteiger partial charge in [0.1, 0.15) is 0 Å². The number of nitrogens with zero attached hydrogens (tertiary/aromatic N) is 1. The summed E-state index contributed by atoms with van der Waals surface area (Å²) in [6.45, 7) is 0.697. The largest absolute Gasteiger partial charge is 0.465 e. The zero-order valence-electron chi connectivity index (χ0n) is 19.5. The van der Waals surface area contributed by atoms with E-state index in [4.69, 9.17) is 16.3 Å². The van der Waals surface area contributed by atoms with Crippen molar-refractivity contribution in [1.29, 1.82) is 0 Å². The lowest BCUT2D eigenvalue weighted by Crippen LogP contribution is -2.38. The number of hydrogen-bond acceptors (Lipinski definition) is 5. The van der Waals surface area contributed by atoms with Crippen molar-refractivity contribution in [3.05, 3.63) is 93.7 Å². The Kier molecular flexibility index (Phi) is 6.57. The first kappa shape index (κ1) is 23.9. The van der Waals surface area contributed by atoms with E-state index in [9.17, 15) is 13.2 Å². The third kappa shape index (κ3) is 4.44. The minimum Gasteiger partial charge on any atom is -0.465 e. The maximum atomic E-state index is 13.5. The quantitative estimate of drug-likeness (QED) is 0.604. The summed E-state index contributed by atoms with van der Waals surface area (Å²) in [5.74, 6) is -0.659. The molecule has 0 bridgehead atoms. The number of esters is 1. The van der Waals surface area contributed by atoms with Gasteiger partial charge in [0.15, 0.2) is 0 Å². The molecular weight excluding hydrogens is 484 g/mol. The Hall–Kier alpha value is -2.87. The van der Waals surface area contributed by atoms with Crippen LogP contribution in [0, 0.1) is 0 Å². The number of carbonyl (C=O) groups excluding carboxylic acids is 1. The Morgan fingerprint density at radius 2 is 1.86 bits per heavy atom. The van der Waals surface area contributed by atoms with Crippen LogP contribution in [0.2, 0.25) is 5.02 Å². The first-order valence-corrected chi connectivity index (χ1v) is 13.5. The van der Waals surface area contributed by atoms with E-state index in [0.717, 1.165) is 17.9 Å². The lowest BCUT2D eigenvalue weighted by molar-refractivity contribution is 0.0596. The summed E-state index contributed by atoms with van der Waals surface area (Å²) in [5, 5.41) is 4.26. The molecule has 3 aliphatic rings. The van der Waals surface area contributed by atoms with Gasteiger partial charge in [0.25, 0.3) is 0 Å². The zero-order chi connectivity index (χ0) is 24.6. The number of ether oxygens (including phenoxy) is 1. The van der Waals surface area contributed by atoms with Crippen LogP contribution in [0.15, 0.2) is 76.9 Å². The second kappa shape index (κ2) is 9.64. The maximum absolute atomic E-state index is 13.5. The minimum absolute atomic E-state index is 0.0123. The zero-order valence-corrected chi connectivity index (χ0v) is 21.0. The van der Waals surface area contributed by atoms with Gasteiger partial charge in [-0.15, -0.1) is 0 Å². The van der Waals surface area contributed by atoms with Crippen molar-refractivity contribution in [2.75, 3.05) is 20.2 Å². The molecule has 35 heavy (non-hydrogen) atoms. The molecule has 2 aliphatic heterocycles. The third-order valence-electron chi connectivity index (χ3n) is 6.99. The van der Waals surface area contributed by atoms with Crippen LogP contribution < -0.4 is 5.32 Å². The van der Waals surface area contributed by atoms with Crippen LogP contribution in [0.5, 0.6) is 0 Å². The van der Waals surface area contributed by atoms with Crippen molar-refractivity contribution in [2.45, 2.75) is 36.6 Å². The van der Waals surface area contributed by atoms with E-state index in [1.54, 1.807) is 12.1 Å². The van der Waals surface area contributed by atoms with E-state index < -0.39 is 16.0 Å². The summed E-state index contributed by atoms with van der Waals surface area (Å²) >= 11 is 6.32. The molecule has 1 atom stereocenters. The highest BCUT2D eigenvalue weighted by atomic mass is 35.5. The van der Waals surface area contributed by atoms with Crippen LogP contribution in [-0.2, 0) is 21.2 Å². The molecule has 0 saturated carbocycles. The van der Waals surface area contributed by atoms with Gasteiger partial charge in [0.2, 0.25) is 10.0 Å². The average Bonchev–Trinajstić information content (AvgIpc) is 3.05. The molecule has 1 unspecified atom stereocenters. The Morgan fingerprint density at radius 1 is 1.09 bits per heavy atom. The minimum atomic E-state index is -3.84. The fourth-order valence-corrected chi connectivity index (χ4v) is 7.08. The molecule has 0 aromatic heterocycles. The molecule has 6 nitrogen and oxygen atoms in total. The van der Waals surface area contributed by atoms with Gasteiger partial charge in [0, 0.05) is 18.1 Å². The Labute approximate surface area is 211 Å². The van der Waals surface area contributed by atoms with Crippen molar-refractivity contribution in [3.63, 3.8) is 0 Å². The SMILES string of the molecule is COC(=O)c1ccccc1S(=O)(=O)N1CCC(=C2c3ccc(Cl)cc3CCC3=CC=CNC32)CC1. The number of dihydropyridines is 1. The van der Waals surface area contributed by atoms with Crippen LogP contribution >= 0.6 is 11.6 Å². The van der Waals surface area contributed by atoms with Gasteiger partial charge < -0.3 is 10.1 Å². The maximum Gasteiger partial charge on any atom is 0.339 e. The summed E-state index contributed by atoms with van der Waals surface area (Å²) in [6.07, 6.45) is 9.27. The van der Waals surface area contributed by atoms with Gasteiger partial charge >= 0.3 is 5.97 Å². The normalized spacial score (nSPS) is 20.3. The van der Waals surface area contributed by atoms with Crippen molar-refractivity contribution < 1.29 is 17.9 Å². The predicted molar refractivity (Wildman–Crippen MR) is 137 cm³/mol. The fraction of sp³-hybridized carbons (Fsp3) is 0.296. The number of sulfonamides is 1. The highest BCUT2D eigenvalue weighted by molar-refractivity contribution is 7.89. The molecule has 2 aromatic carbocycles. The van der Waals surface area contributed by atoms with E-state index in [1.807, 2.05) is 24.4 Å². The van der Waals surface area contributed by atoms with Gasteiger partial charge in [-0.3, -0.25) is 0 Å². The molecule has 0 amide bonds. The predicted octanol–water partition coefficient (Wildman–Crippen LogP) is 4.72. The highest BCUT2D eigenvalue weighted by Crippen LogP contribution is 2.40. The van der Waals surface area contributed by atoms with E-state index in [1.165, 1.54) is 51.4 Å². The number of nitrogens with one attached hydrogen (secondary N) is 1. The molecular formula is C27H27ClN2O4S. The van der Waals surface area contributed by atoms with Gasteiger partial charge in [-0.2, -0.15) is 4.31 Å². The Bertz CT molecular complexity index is 1370. The van der Waals surface area contributed by atoms with Crippen LogP contribution in [0.25, 0.3) is 5.57 Å². The van der Waals surface area contributed by atoms with Gasteiger partial charge in [0.05, 0.1) is 23.6 Å². The lowest BCUT2D eigenvalue weighted by atomic mass is 9.85. The number of benzene rings is 2. The Morgan fingerprint density at radius 3 is 2.63 bits per heavy atom. The monoisotopic (exact) mass is 510 g/mol. The molecule has 1 N–H and O–H groups in total. The Balaban J connectivity index is 1.49. The van der Waals surface area contributed by atoms with Crippen molar-refractivity contribution >= 4 is 33.2 Å². The van der Waals surface area contributed by atoms with E-state index >= 15 is 0 Å². The number of hydrogen-bond donors (Lipinski definition) is 1. The van der Waals surface area contributed by atoms with E-state index in [2.05, 4.69) is 17.5 Å². The van der Waals surface area contributed by atoms with Gasteiger partial charge in [-0.1, -0.05) is 41.4 Å². The average molecular weight is 511 g/mol. The molecule has 1 saturated heterocycles. The number of allylic oxidation sites excluding steroid dienone is 2. The smallest absolute Gasteiger partial charge is 0.339 e. The topological polar surface area (TPSA) is 75.7 Å². The second-order valence-corrected chi connectivity index (χ2v) is 11.3. The van der Waals surface area contributed by atoms with Crippen LogP contribution in [0.1, 0.15) is 40.7 Å². The number of methoxy groups -OCH3 is 1. The molecule has 1 fully saturated rings. The lowest BCUT2D eigenvalue weighted by Gasteiger charge is -2.33. The first-order valence-electron chi connectivity index (χ1n) is 11.7. The number of aryl methyl sites for hydroxylation is 1. The molecule has 0 spiro atoms.